The fraction of sp³-hybridized carbons (Fsp3) is 0.733. The van der Waals surface area contributed by atoms with Crippen molar-refractivity contribution in [3.63, 3.8) is 0 Å². The van der Waals surface area contributed by atoms with Crippen LogP contribution >= 0.6 is 0 Å². The van der Waals surface area contributed by atoms with Crippen molar-refractivity contribution < 1.29 is 0 Å². The van der Waals surface area contributed by atoms with Crippen LogP contribution in [-0.2, 0) is 0 Å². The topological polar surface area (TPSA) is 41.1 Å². The largest absolute Gasteiger partial charge is 0.370 e. The maximum Gasteiger partial charge on any atom is 0.137 e. The standard InChI is InChI=1S/C15H24N4/c1-3-8-16-13-11(2)15(19-9-4-5-10-19)18-14(17-13)12-6-7-12/h12H,3-10H2,1-2H3,(H,16,17,18). The smallest absolute Gasteiger partial charge is 0.137 e. The van der Waals surface area contributed by atoms with E-state index in [0.29, 0.717) is 5.92 Å². The molecule has 1 aromatic heterocycles. The van der Waals surface area contributed by atoms with Crippen molar-refractivity contribution in [2.24, 2.45) is 0 Å². The Morgan fingerprint density at radius 1 is 1.21 bits per heavy atom. The minimum Gasteiger partial charge on any atom is -0.370 e. The highest BCUT2D eigenvalue weighted by Crippen LogP contribution is 2.40. The molecule has 4 nitrogen and oxygen atoms in total. The fourth-order valence-electron chi connectivity index (χ4n) is 2.70. The molecule has 3 rings (SSSR count). The summed E-state index contributed by atoms with van der Waals surface area (Å²) in [5, 5.41) is 3.47. The van der Waals surface area contributed by atoms with Crippen molar-refractivity contribution in [2.75, 3.05) is 29.9 Å². The van der Waals surface area contributed by atoms with E-state index in [1.807, 2.05) is 0 Å². The molecule has 1 aliphatic heterocycles. The number of rotatable bonds is 5. The van der Waals surface area contributed by atoms with E-state index in [4.69, 9.17) is 9.97 Å². The molecule has 2 fully saturated rings. The van der Waals surface area contributed by atoms with Gasteiger partial charge in [0.15, 0.2) is 0 Å². The van der Waals surface area contributed by atoms with Gasteiger partial charge >= 0.3 is 0 Å². The Labute approximate surface area is 115 Å². The second kappa shape index (κ2) is 5.35. The average Bonchev–Trinajstić information content (AvgIpc) is 3.13. The summed E-state index contributed by atoms with van der Waals surface area (Å²) in [4.78, 5) is 12.0. The van der Waals surface area contributed by atoms with Crippen molar-refractivity contribution in [1.29, 1.82) is 0 Å². The van der Waals surface area contributed by atoms with Crippen molar-refractivity contribution in [3.8, 4) is 0 Å². The molecular weight excluding hydrogens is 236 g/mol. The van der Waals surface area contributed by atoms with Crippen LogP contribution in [-0.4, -0.2) is 29.6 Å². The van der Waals surface area contributed by atoms with E-state index in [9.17, 15) is 0 Å². The molecule has 0 amide bonds. The van der Waals surface area contributed by atoms with Gasteiger partial charge in [-0.2, -0.15) is 0 Å². The third-order valence-corrected chi connectivity index (χ3v) is 4.03. The fourth-order valence-corrected chi connectivity index (χ4v) is 2.70. The van der Waals surface area contributed by atoms with Gasteiger partial charge in [0.25, 0.3) is 0 Å². The number of hydrogen-bond donors (Lipinski definition) is 1. The Morgan fingerprint density at radius 2 is 1.95 bits per heavy atom. The Bertz CT molecular complexity index is 448. The van der Waals surface area contributed by atoms with Gasteiger partial charge in [0.1, 0.15) is 17.5 Å². The second-order valence-electron chi connectivity index (χ2n) is 5.77. The molecule has 19 heavy (non-hydrogen) atoms. The van der Waals surface area contributed by atoms with Crippen molar-refractivity contribution in [1.82, 2.24) is 9.97 Å². The van der Waals surface area contributed by atoms with Gasteiger partial charge in [-0.05, 0) is 39.0 Å². The lowest BCUT2D eigenvalue weighted by molar-refractivity contribution is 0.855. The Balaban J connectivity index is 1.93. The van der Waals surface area contributed by atoms with Crippen molar-refractivity contribution in [3.05, 3.63) is 11.4 Å². The lowest BCUT2D eigenvalue weighted by atomic mass is 10.2. The van der Waals surface area contributed by atoms with Crippen LogP contribution < -0.4 is 10.2 Å². The first kappa shape index (κ1) is 12.7. The van der Waals surface area contributed by atoms with Gasteiger partial charge in [0.05, 0.1) is 0 Å². The van der Waals surface area contributed by atoms with Crippen LogP contribution in [0.1, 0.15) is 56.3 Å². The van der Waals surface area contributed by atoms with Crippen LogP contribution in [0.3, 0.4) is 0 Å². The zero-order chi connectivity index (χ0) is 13.2. The first-order valence-corrected chi connectivity index (χ1v) is 7.67. The number of aromatic nitrogens is 2. The predicted molar refractivity (Wildman–Crippen MR) is 79.0 cm³/mol. The number of hydrogen-bond acceptors (Lipinski definition) is 4. The van der Waals surface area contributed by atoms with Crippen LogP contribution in [0.5, 0.6) is 0 Å². The van der Waals surface area contributed by atoms with E-state index in [2.05, 4.69) is 24.1 Å². The Morgan fingerprint density at radius 3 is 2.58 bits per heavy atom. The highest BCUT2D eigenvalue weighted by molar-refractivity contribution is 5.59. The molecule has 0 bridgehead atoms. The quantitative estimate of drug-likeness (QED) is 0.883. The first-order chi connectivity index (χ1) is 9.29. The lowest BCUT2D eigenvalue weighted by Crippen LogP contribution is -2.22. The molecule has 1 aromatic rings. The molecule has 4 heteroatoms. The number of nitrogens with zero attached hydrogens (tertiary/aromatic N) is 3. The highest BCUT2D eigenvalue weighted by Gasteiger charge is 2.29. The third kappa shape index (κ3) is 2.67. The molecule has 2 heterocycles. The van der Waals surface area contributed by atoms with Gasteiger partial charge in [-0.3, -0.25) is 0 Å². The van der Waals surface area contributed by atoms with E-state index in [1.54, 1.807) is 0 Å². The molecule has 1 N–H and O–H groups in total. The van der Waals surface area contributed by atoms with Crippen LogP contribution in [0.2, 0.25) is 0 Å². The molecule has 1 aliphatic carbocycles. The second-order valence-corrected chi connectivity index (χ2v) is 5.77. The summed E-state index contributed by atoms with van der Waals surface area (Å²) in [6.45, 7) is 7.63. The predicted octanol–water partition coefficient (Wildman–Crippen LogP) is 3.08. The molecule has 104 valence electrons. The van der Waals surface area contributed by atoms with Crippen LogP contribution in [0.25, 0.3) is 0 Å². The maximum absolute atomic E-state index is 4.86. The maximum atomic E-state index is 4.86. The third-order valence-electron chi connectivity index (χ3n) is 4.03. The Kier molecular flexibility index (Phi) is 3.58. The normalized spacial score (nSPS) is 18.9. The van der Waals surface area contributed by atoms with Crippen molar-refractivity contribution in [2.45, 2.75) is 51.9 Å². The van der Waals surface area contributed by atoms with Gasteiger partial charge in [-0.1, -0.05) is 6.92 Å². The Hall–Kier alpha value is -1.32. The highest BCUT2D eigenvalue weighted by atomic mass is 15.2. The SMILES string of the molecule is CCCNc1nc(C2CC2)nc(N2CCCC2)c1C. The summed E-state index contributed by atoms with van der Waals surface area (Å²) in [6, 6.07) is 0. The van der Waals surface area contributed by atoms with Crippen LogP contribution in [0.15, 0.2) is 0 Å². The van der Waals surface area contributed by atoms with E-state index < -0.39 is 0 Å². The molecule has 0 aromatic carbocycles. The van der Waals surface area contributed by atoms with E-state index in [-0.39, 0.29) is 0 Å². The van der Waals surface area contributed by atoms with Crippen molar-refractivity contribution >= 4 is 11.6 Å². The lowest BCUT2D eigenvalue weighted by Gasteiger charge is -2.21. The molecule has 0 atom stereocenters. The monoisotopic (exact) mass is 260 g/mol. The summed E-state index contributed by atoms with van der Waals surface area (Å²) < 4.78 is 0. The minimum atomic E-state index is 0.615. The summed E-state index contributed by atoms with van der Waals surface area (Å²) in [5.41, 5.74) is 1.22. The molecule has 0 spiro atoms. The van der Waals surface area contributed by atoms with Crippen LogP contribution in [0.4, 0.5) is 11.6 Å². The number of nitrogens with one attached hydrogen (secondary N) is 1. The average molecular weight is 260 g/mol. The zero-order valence-corrected chi connectivity index (χ0v) is 12.1. The van der Waals surface area contributed by atoms with Gasteiger partial charge in [-0.25, -0.2) is 9.97 Å². The molecule has 2 aliphatic rings. The van der Waals surface area contributed by atoms with E-state index >= 15 is 0 Å². The first-order valence-electron chi connectivity index (χ1n) is 7.67. The van der Waals surface area contributed by atoms with E-state index in [1.165, 1.54) is 37.1 Å². The minimum absolute atomic E-state index is 0.615. The van der Waals surface area contributed by atoms with Gasteiger partial charge in [0, 0.05) is 31.1 Å². The zero-order valence-electron chi connectivity index (χ0n) is 12.1. The summed E-state index contributed by atoms with van der Waals surface area (Å²) in [7, 11) is 0. The molecule has 1 saturated heterocycles. The summed E-state index contributed by atoms with van der Waals surface area (Å²) in [6.07, 6.45) is 6.23. The summed E-state index contributed by atoms with van der Waals surface area (Å²) >= 11 is 0. The molecule has 0 radical (unpaired) electrons. The molecule has 1 saturated carbocycles. The van der Waals surface area contributed by atoms with E-state index in [0.717, 1.165) is 37.7 Å². The number of anilines is 2. The van der Waals surface area contributed by atoms with Gasteiger partial charge in [0.2, 0.25) is 0 Å². The molecule has 0 unspecified atom stereocenters. The summed E-state index contributed by atoms with van der Waals surface area (Å²) in [5.74, 6) is 3.91. The molecular formula is C15H24N4. The van der Waals surface area contributed by atoms with Crippen LogP contribution in [0, 0.1) is 6.92 Å². The van der Waals surface area contributed by atoms with Gasteiger partial charge in [-0.15, -0.1) is 0 Å². The van der Waals surface area contributed by atoms with Gasteiger partial charge < -0.3 is 10.2 Å².